The molecule has 0 saturated carbocycles. The number of aromatic hydroxyl groups is 1. The van der Waals surface area contributed by atoms with Gasteiger partial charge in [-0.2, -0.15) is 0 Å². The first kappa shape index (κ1) is 17.7. The summed E-state index contributed by atoms with van der Waals surface area (Å²) in [5.74, 6) is 1.06. The van der Waals surface area contributed by atoms with Crippen molar-refractivity contribution in [3.05, 3.63) is 47.5 Å². The summed E-state index contributed by atoms with van der Waals surface area (Å²) in [5, 5.41) is 25.2. The number of anilines is 1. The number of phenolic OH excluding ortho intramolecular Hbond substituents is 1. The molecule has 3 aromatic rings. The Morgan fingerprint density at radius 1 is 1.15 bits per heavy atom. The van der Waals surface area contributed by atoms with E-state index in [4.69, 9.17) is 0 Å². The number of nitrogens with zero attached hydrogens (tertiary/aromatic N) is 3. The van der Waals surface area contributed by atoms with E-state index >= 15 is 0 Å². The average Bonchev–Trinajstić information content (AvgIpc) is 2.63. The Hall–Kier alpha value is -2.66. The molecule has 2 N–H and O–H groups in total. The number of nitrogens with one attached hydrogen (secondary N) is 1. The molecule has 27 heavy (non-hydrogen) atoms. The van der Waals surface area contributed by atoms with Crippen LogP contribution in [0.1, 0.15) is 24.0 Å². The molecule has 0 amide bonds. The van der Waals surface area contributed by atoms with Gasteiger partial charge in [0, 0.05) is 28.9 Å². The van der Waals surface area contributed by atoms with E-state index in [-0.39, 0.29) is 5.75 Å². The number of hydrogen-bond donors (Lipinski definition) is 2. The van der Waals surface area contributed by atoms with Crippen LogP contribution in [-0.2, 0) is 0 Å². The van der Waals surface area contributed by atoms with Gasteiger partial charge in [-0.25, -0.2) is 0 Å². The summed E-state index contributed by atoms with van der Waals surface area (Å²) in [5.41, 5.74) is 3.59. The topological polar surface area (TPSA) is 61.3 Å². The molecule has 1 fully saturated rings. The second kappa shape index (κ2) is 7.16. The van der Waals surface area contributed by atoms with Crippen molar-refractivity contribution >= 4 is 16.6 Å². The van der Waals surface area contributed by atoms with Crippen molar-refractivity contribution < 1.29 is 5.11 Å². The molecule has 1 saturated heterocycles. The monoisotopic (exact) mass is 362 g/mol. The summed E-state index contributed by atoms with van der Waals surface area (Å²) in [6.45, 7) is 6.20. The highest BCUT2D eigenvalue weighted by Crippen LogP contribution is 2.36. The summed E-state index contributed by atoms with van der Waals surface area (Å²) in [4.78, 5) is 2.35. The number of aryl methyl sites for hydroxylation is 2. The van der Waals surface area contributed by atoms with Gasteiger partial charge in [0.05, 0.1) is 0 Å². The lowest BCUT2D eigenvalue weighted by atomic mass is 9.99. The smallest absolute Gasteiger partial charge is 0.156 e. The number of likely N-dealkylation sites (tertiary alicyclic amines) is 1. The van der Waals surface area contributed by atoms with Crippen LogP contribution in [0.5, 0.6) is 5.75 Å². The third-order valence-electron chi connectivity index (χ3n) is 5.39. The maximum atomic E-state index is 10.5. The van der Waals surface area contributed by atoms with Crippen molar-refractivity contribution in [2.75, 3.05) is 25.5 Å². The Balaban J connectivity index is 1.81. The molecule has 1 atom stereocenters. The number of phenols is 1. The van der Waals surface area contributed by atoms with Gasteiger partial charge in [0.1, 0.15) is 11.4 Å². The molecule has 140 valence electrons. The van der Waals surface area contributed by atoms with Gasteiger partial charge in [-0.3, -0.25) is 0 Å². The third-order valence-corrected chi connectivity index (χ3v) is 5.39. The highest BCUT2D eigenvalue weighted by Gasteiger charge is 2.20. The summed E-state index contributed by atoms with van der Waals surface area (Å²) in [6, 6.07) is 12.3. The largest absolute Gasteiger partial charge is 0.507 e. The lowest BCUT2D eigenvalue weighted by Gasteiger charge is -2.30. The van der Waals surface area contributed by atoms with Crippen molar-refractivity contribution in [3.63, 3.8) is 0 Å². The fourth-order valence-corrected chi connectivity index (χ4v) is 4.00. The van der Waals surface area contributed by atoms with Gasteiger partial charge < -0.3 is 15.3 Å². The van der Waals surface area contributed by atoms with Gasteiger partial charge in [0.15, 0.2) is 5.82 Å². The first-order valence-corrected chi connectivity index (χ1v) is 9.54. The van der Waals surface area contributed by atoms with Crippen LogP contribution in [-0.4, -0.2) is 46.4 Å². The van der Waals surface area contributed by atoms with Gasteiger partial charge in [-0.1, -0.05) is 24.3 Å². The van der Waals surface area contributed by atoms with E-state index in [2.05, 4.69) is 52.6 Å². The zero-order chi connectivity index (χ0) is 19.0. The standard InChI is InChI=1S/C22H26N4O/c1-14-9-10-17(19(27)12-14)21-20-15(2)6-4-8-18(20)22(25-24-21)23-16-7-5-11-26(3)13-16/h4,6,8-10,12,16,27H,5,7,11,13H2,1-3H3,(H,23,25). The molecule has 1 unspecified atom stereocenters. The summed E-state index contributed by atoms with van der Waals surface area (Å²) >= 11 is 0. The highest BCUT2D eigenvalue weighted by atomic mass is 16.3. The van der Waals surface area contributed by atoms with Crippen molar-refractivity contribution in [1.82, 2.24) is 15.1 Å². The van der Waals surface area contributed by atoms with Crippen LogP contribution < -0.4 is 5.32 Å². The number of rotatable bonds is 3. The van der Waals surface area contributed by atoms with Crippen LogP contribution in [0.25, 0.3) is 22.0 Å². The van der Waals surface area contributed by atoms with Gasteiger partial charge >= 0.3 is 0 Å². The van der Waals surface area contributed by atoms with Gasteiger partial charge in [-0.15, -0.1) is 10.2 Å². The molecular weight excluding hydrogens is 336 g/mol. The van der Waals surface area contributed by atoms with Crippen molar-refractivity contribution in [3.8, 4) is 17.0 Å². The Kier molecular flexibility index (Phi) is 4.70. The lowest BCUT2D eigenvalue weighted by Crippen LogP contribution is -2.40. The fraction of sp³-hybridized carbons (Fsp3) is 0.364. The predicted molar refractivity (Wildman–Crippen MR) is 110 cm³/mol. The number of piperidine rings is 1. The van der Waals surface area contributed by atoms with E-state index in [0.717, 1.165) is 58.5 Å². The molecule has 0 aliphatic carbocycles. The third kappa shape index (κ3) is 3.47. The maximum Gasteiger partial charge on any atom is 0.156 e. The zero-order valence-electron chi connectivity index (χ0n) is 16.2. The molecule has 5 heteroatoms. The Morgan fingerprint density at radius 2 is 2.00 bits per heavy atom. The van der Waals surface area contributed by atoms with Crippen LogP contribution in [0.3, 0.4) is 0 Å². The number of benzene rings is 2. The molecule has 1 aliphatic rings. The molecule has 0 spiro atoms. The van der Waals surface area contributed by atoms with Crippen LogP contribution in [0.15, 0.2) is 36.4 Å². The minimum absolute atomic E-state index is 0.239. The molecule has 1 aliphatic heterocycles. The minimum Gasteiger partial charge on any atom is -0.507 e. The van der Waals surface area contributed by atoms with Crippen LogP contribution in [0, 0.1) is 13.8 Å². The van der Waals surface area contributed by atoms with E-state index in [1.54, 1.807) is 6.07 Å². The van der Waals surface area contributed by atoms with Crippen molar-refractivity contribution in [2.45, 2.75) is 32.7 Å². The van der Waals surface area contributed by atoms with Crippen LogP contribution in [0.4, 0.5) is 5.82 Å². The molecular formula is C22H26N4O. The Labute approximate surface area is 160 Å². The Bertz CT molecular complexity index is 985. The second-order valence-corrected chi connectivity index (χ2v) is 7.66. The second-order valence-electron chi connectivity index (χ2n) is 7.66. The summed E-state index contributed by atoms with van der Waals surface area (Å²) in [7, 11) is 2.16. The first-order valence-electron chi connectivity index (χ1n) is 9.54. The van der Waals surface area contributed by atoms with E-state index in [0.29, 0.717) is 6.04 Å². The number of aromatic nitrogens is 2. The quantitative estimate of drug-likeness (QED) is 0.734. The number of hydrogen-bond acceptors (Lipinski definition) is 5. The summed E-state index contributed by atoms with van der Waals surface area (Å²) < 4.78 is 0. The minimum atomic E-state index is 0.239. The molecule has 4 rings (SSSR count). The van der Waals surface area contributed by atoms with Gasteiger partial charge in [-0.05, 0) is 63.5 Å². The van der Waals surface area contributed by atoms with E-state index < -0.39 is 0 Å². The predicted octanol–water partition coefficient (Wildman–Crippen LogP) is 4.13. The van der Waals surface area contributed by atoms with E-state index in [1.165, 1.54) is 6.42 Å². The normalized spacial score (nSPS) is 18.0. The van der Waals surface area contributed by atoms with Gasteiger partial charge in [0.25, 0.3) is 0 Å². The molecule has 0 bridgehead atoms. The SMILES string of the molecule is Cc1ccc(-c2nnc(NC3CCCN(C)C3)c3cccc(C)c23)c(O)c1. The van der Waals surface area contributed by atoms with Crippen molar-refractivity contribution in [1.29, 1.82) is 0 Å². The fourth-order valence-electron chi connectivity index (χ4n) is 4.00. The maximum absolute atomic E-state index is 10.5. The lowest BCUT2D eigenvalue weighted by molar-refractivity contribution is 0.261. The molecule has 2 aromatic carbocycles. The van der Waals surface area contributed by atoms with Crippen molar-refractivity contribution in [2.24, 2.45) is 0 Å². The zero-order valence-corrected chi connectivity index (χ0v) is 16.2. The summed E-state index contributed by atoms with van der Waals surface area (Å²) in [6.07, 6.45) is 2.33. The molecule has 1 aromatic heterocycles. The van der Waals surface area contributed by atoms with Crippen LogP contribution >= 0.6 is 0 Å². The highest BCUT2D eigenvalue weighted by molar-refractivity contribution is 6.02. The van der Waals surface area contributed by atoms with Crippen LogP contribution in [0.2, 0.25) is 0 Å². The van der Waals surface area contributed by atoms with Gasteiger partial charge in [0.2, 0.25) is 0 Å². The van der Waals surface area contributed by atoms with E-state index in [9.17, 15) is 5.11 Å². The number of likely N-dealkylation sites (N-methyl/N-ethyl adjacent to an activating group) is 1. The molecule has 0 radical (unpaired) electrons. The average molecular weight is 362 g/mol. The first-order chi connectivity index (χ1) is 13.0. The molecule has 2 heterocycles. The van der Waals surface area contributed by atoms with E-state index in [1.807, 2.05) is 19.1 Å². The number of fused-ring (bicyclic) bond motifs is 1. The Morgan fingerprint density at radius 3 is 2.78 bits per heavy atom. The molecule has 5 nitrogen and oxygen atoms in total.